The van der Waals surface area contributed by atoms with Crippen LogP contribution in [0.15, 0.2) is 30.3 Å². The molecule has 1 saturated heterocycles. The summed E-state index contributed by atoms with van der Waals surface area (Å²) in [5.74, 6) is -0.0839. The fourth-order valence-electron chi connectivity index (χ4n) is 2.77. The maximum absolute atomic E-state index is 12.3. The molecule has 4 nitrogen and oxygen atoms in total. The lowest BCUT2D eigenvalue weighted by Crippen LogP contribution is -2.37. The quantitative estimate of drug-likeness (QED) is 0.571. The Balaban J connectivity index is 2.04. The first-order valence-corrected chi connectivity index (χ1v) is 7.77. The van der Waals surface area contributed by atoms with Crippen molar-refractivity contribution in [2.45, 2.75) is 45.1 Å². The highest BCUT2D eigenvalue weighted by molar-refractivity contribution is 6.04. The van der Waals surface area contributed by atoms with Crippen molar-refractivity contribution in [2.75, 3.05) is 13.6 Å². The van der Waals surface area contributed by atoms with Crippen molar-refractivity contribution < 1.29 is 9.59 Å². The van der Waals surface area contributed by atoms with Gasteiger partial charge in [-0.1, -0.05) is 56.5 Å². The number of nitrogens with zero attached hydrogens (tertiary/aromatic N) is 2. The summed E-state index contributed by atoms with van der Waals surface area (Å²) in [6.07, 6.45) is 5.02. The Morgan fingerprint density at radius 1 is 1.05 bits per heavy atom. The molecule has 1 aliphatic rings. The zero-order valence-electron chi connectivity index (χ0n) is 12.9. The molecular weight excluding hydrogens is 264 g/mol. The number of carbonyl (C=O) groups excluding carboxylic acids is 2. The summed E-state index contributed by atoms with van der Waals surface area (Å²) in [6, 6.07) is 9.40. The van der Waals surface area contributed by atoms with Crippen LogP contribution in [0.1, 0.15) is 38.2 Å². The topological polar surface area (TPSA) is 40.6 Å². The smallest absolute Gasteiger partial charge is 0.312 e. The summed E-state index contributed by atoms with van der Waals surface area (Å²) in [6.45, 7) is 2.84. The normalized spacial score (nSPS) is 18.7. The molecule has 1 fully saturated rings. The van der Waals surface area contributed by atoms with E-state index in [2.05, 4.69) is 6.92 Å². The van der Waals surface area contributed by atoms with Gasteiger partial charge in [-0.05, 0) is 12.0 Å². The molecule has 1 atom stereocenters. The number of hydrogen-bond donors (Lipinski definition) is 0. The Morgan fingerprint density at radius 3 is 2.43 bits per heavy atom. The second-order valence-corrected chi connectivity index (χ2v) is 5.64. The van der Waals surface area contributed by atoms with Gasteiger partial charge in [0.15, 0.2) is 0 Å². The van der Waals surface area contributed by atoms with E-state index in [1.54, 1.807) is 11.9 Å². The largest absolute Gasteiger partial charge is 0.327 e. The molecule has 21 heavy (non-hydrogen) atoms. The lowest BCUT2D eigenvalue weighted by atomic mass is 10.0. The third-order valence-electron chi connectivity index (χ3n) is 4.05. The van der Waals surface area contributed by atoms with E-state index in [1.165, 1.54) is 17.7 Å². The number of unbranched alkanes of at least 4 members (excludes halogenated alkanes) is 3. The predicted molar refractivity (Wildman–Crippen MR) is 82.9 cm³/mol. The monoisotopic (exact) mass is 288 g/mol. The third kappa shape index (κ3) is 3.63. The number of benzene rings is 1. The van der Waals surface area contributed by atoms with Gasteiger partial charge >= 0.3 is 6.03 Å². The third-order valence-corrected chi connectivity index (χ3v) is 4.05. The second kappa shape index (κ2) is 7.25. The summed E-state index contributed by atoms with van der Waals surface area (Å²) < 4.78 is 0. The standard InChI is InChI=1S/C17H24N2O2/c1-3-4-5-9-12-19-15(16(20)18(2)17(19)21)13-14-10-7-6-8-11-14/h6-8,10-11,15H,3-5,9,12-13H2,1-2H3. The summed E-state index contributed by atoms with van der Waals surface area (Å²) >= 11 is 0. The van der Waals surface area contributed by atoms with Crippen molar-refractivity contribution in [2.24, 2.45) is 0 Å². The fraction of sp³-hybridized carbons (Fsp3) is 0.529. The summed E-state index contributed by atoms with van der Waals surface area (Å²) in [7, 11) is 1.58. The molecule has 1 aliphatic heterocycles. The Bertz CT molecular complexity index is 487. The van der Waals surface area contributed by atoms with E-state index in [0.717, 1.165) is 18.4 Å². The molecule has 2 rings (SSSR count). The maximum Gasteiger partial charge on any atom is 0.327 e. The first-order valence-electron chi connectivity index (χ1n) is 7.77. The number of imide groups is 1. The molecule has 0 aliphatic carbocycles. The lowest BCUT2D eigenvalue weighted by molar-refractivity contribution is -0.127. The number of amides is 3. The minimum atomic E-state index is -0.341. The highest BCUT2D eigenvalue weighted by atomic mass is 16.2. The van der Waals surface area contributed by atoms with Crippen LogP contribution in [-0.2, 0) is 11.2 Å². The molecule has 0 spiro atoms. The molecule has 4 heteroatoms. The molecule has 0 N–H and O–H groups in total. The van der Waals surface area contributed by atoms with E-state index in [0.29, 0.717) is 13.0 Å². The highest BCUT2D eigenvalue weighted by Crippen LogP contribution is 2.21. The molecule has 0 radical (unpaired) electrons. The minimum Gasteiger partial charge on any atom is -0.312 e. The van der Waals surface area contributed by atoms with Crippen LogP contribution in [-0.4, -0.2) is 41.4 Å². The first kappa shape index (κ1) is 15.5. The molecular formula is C17H24N2O2. The predicted octanol–water partition coefficient (Wildman–Crippen LogP) is 3.07. The van der Waals surface area contributed by atoms with Crippen LogP contribution in [0.2, 0.25) is 0 Å². The molecule has 1 aromatic carbocycles. The van der Waals surface area contributed by atoms with Crippen molar-refractivity contribution in [3.63, 3.8) is 0 Å². The highest BCUT2D eigenvalue weighted by Gasteiger charge is 2.42. The van der Waals surface area contributed by atoms with Gasteiger partial charge in [0.1, 0.15) is 6.04 Å². The zero-order chi connectivity index (χ0) is 15.2. The van der Waals surface area contributed by atoms with Crippen molar-refractivity contribution in [3.8, 4) is 0 Å². The fourth-order valence-corrected chi connectivity index (χ4v) is 2.77. The van der Waals surface area contributed by atoms with Gasteiger partial charge in [-0.3, -0.25) is 9.69 Å². The molecule has 114 valence electrons. The molecule has 1 unspecified atom stereocenters. The Labute approximate surface area is 126 Å². The van der Waals surface area contributed by atoms with Gasteiger partial charge in [0.25, 0.3) is 5.91 Å². The summed E-state index contributed by atoms with van der Waals surface area (Å²) in [4.78, 5) is 27.5. The molecule has 0 saturated carbocycles. The van der Waals surface area contributed by atoms with Crippen molar-refractivity contribution >= 4 is 11.9 Å². The van der Waals surface area contributed by atoms with Crippen LogP contribution in [0.25, 0.3) is 0 Å². The van der Waals surface area contributed by atoms with E-state index in [9.17, 15) is 9.59 Å². The lowest BCUT2D eigenvalue weighted by Gasteiger charge is -2.21. The van der Waals surface area contributed by atoms with Gasteiger partial charge < -0.3 is 4.90 Å². The van der Waals surface area contributed by atoms with E-state index < -0.39 is 0 Å². The number of rotatable bonds is 7. The maximum atomic E-state index is 12.3. The van der Waals surface area contributed by atoms with Crippen molar-refractivity contribution in [1.82, 2.24) is 9.80 Å². The van der Waals surface area contributed by atoms with Crippen LogP contribution in [0.5, 0.6) is 0 Å². The number of urea groups is 1. The van der Waals surface area contributed by atoms with Crippen LogP contribution in [0, 0.1) is 0 Å². The summed E-state index contributed by atoms with van der Waals surface area (Å²) in [5, 5.41) is 0. The van der Waals surface area contributed by atoms with Gasteiger partial charge in [-0.25, -0.2) is 4.79 Å². The summed E-state index contributed by atoms with van der Waals surface area (Å²) in [5.41, 5.74) is 1.09. The Hall–Kier alpha value is -1.84. The molecule has 3 amide bonds. The molecule has 1 heterocycles. The van der Waals surface area contributed by atoms with Crippen molar-refractivity contribution in [1.29, 1.82) is 0 Å². The van der Waals surface area contributed by atoms with Crippen LogP contribution in [0.3, 0.4) is 0 Å². The molecule has 1 aromatic rings. The first-order chi connectivity index (χ1) is 10.1. The zero-order valence-corrected chi connectivity index (χ0v) is 12.9. The Morgan fingerprint density at radius 2 is 1.76 bits per heavy atom. The Kier molecular flexibility index (Phi) is 5.37. The van der Waals surface area contributed by atoms with Crippen LogP contribution >= 0.6 is 0 Å². The van der Waals surface area contributed by atoms with E-state index in [1.807, 2.05) is 30.3 Å². The van der Waals surface area contributed by atoms with E-state index in [4.69, 9.17) is 0 Å². The van der Waals surface area contributed by atoms with Crippen LogP contribution < -0.4 is 0 Å². The second-order valence-electron chi connectivity index (χ2n) is 5.64. The minimum absolute atomic E-state index is 0.0839. The van der Waals surface area contributed by atoms with Crippen LogP contribution in [0.4, 0.5) is 4.79 Å². The van der Waals surface area contributed by atoms with E-state index >= 15 is 0 Å². The van der Waals surface area contributed by atoms with Gasteiger partial charge in [0, 0.05) is 20.0 Å². The number of carbonyl (C=O) groups is 2. The number of likely N-dealkylation sites (N-methyl/N-ethyl adjacent to an activating group) is 1. The molecule has 0 bridgehead atoms. The SMILES string of the molecule is CCCCCCN1C(=O)N(C)C(=O)C1Cc1ccccc1. The average Bonchev–Trinajstić information content (AvgIpc) is 2.70. The van der Waals surface area contributed by atoms with Gasteiger partial charge in [0.2, 0.25) is 0 Å². The average molecular weight is 288 g/mol. The van der Waals surface area contributed by atoms with Gasteiger partial charge in [0.05, 0.1) is 0 Å². The number of hydrogen-bond acceptors (Lipinski definition) is 2. The van der Waals surface area contributed by atoms with Gasteiger partial charge in [-0.2, -0.15) is 0 Å². The van der Waals surface area contributed by atoms with E-state index in [-0.39, 0.29) is 18.0 Å². The molecule has 0 aromatic heterocycles. The van der Waals surface area contributed by atoms with Crippen molar-refractivity contribution in [3.05, 3.63) is 35.9 Å². The van der Waals surface area contributed by atoms with Gasteiger partial charge in [-0.15, -0.1) is 0 Å².